The lowest BCUT2D eigenvalue weighted by atomic mass is 9.86. The fourth-order valence-electron chi connectivity index (χ4n) is 3.92. The van der Waals surface area contributed by atoms with Crippen LogP contribution < -0.4 is 4.74 Å². The molecule has 0 saturated heterocycles. The van der Waals surface area contributed by atoms with Crippen molar-refractivity contribution in [3.8, 4) is 11.5 Å². The first-order valence-corrected chi connectivity index (χ1v) is 11.6. The van der Waals surface area contributed by atoms with Crippen LogP contribution in [0.1, 0.15) is 42.9 Å². The molecule has 6 heteroatoms. The Kier molecular flexibility index (Phi) is 10.4. The molecule has 0 radical (unpaired) electrons. The first-order valence-electron chi connectivity index (χ1n) is 11.1. The monoisotopic (exact) mass is 487 g/mol. The molecule has 0 saturated carbocycles. The summed E-state index contributed by atoms with van der Waals surface area (Å²) in [5.41, 5.74) is 3.11. The molecular weight excluding hydrogens is 456 g/mol. The summed E-state index contributed by atoms with van der Waals surface area (Å²) in [6.07, 6.45) is 4.84. The van der Waals surface area contributed by atoms with E-state index in [1.54, 1.807) is 24.3 Å². The van der Waals surface area contributed by atoms with Crippen LogP contribution in [-0.2, 0) is 0 Å². The number of hydrogen-bond acceptors (Lipinski definition) is 3. The van der Waals surface area contributed by atoms with Crippen molar-refractivity contribution >= 4 is 17.3 Å². The van der Waals surface area contributed by atoms with Crippen molar-refractivity contribution in [2.24, 2.45) is 0 Å². The predicted octanol–water partition coefficient (Wildman–Crippen LogP) is 7.71. The van der Waals surface area contributed by atoms with E-state index in [9.17, 15) is 13.9 Å². The maximum atomic E-state index is 13.3. The summed E-state index contributed by atoms with van der Waals surface area (Å²) < 4.78 is 32.3. The molecule has 0 aliphatic rings. The second-order valence-corrected chi connectivity index (χ2v) is 8.14. The molecule has 2 unspecified atom stereocenters. The molecule has 0 bridgehead atoms. The van der Waals surface area contributed by atoms with Gasteiger partial charge in [0.25, 0.3) is 6.43 Å². The average molecular weight is 488 g/mol. The minimum absolute atomic E-state index is 0.0376. The van der Waals surface area contributed by atoms with E-state index < -0.39 is 6.43 Å². The number of likely N-dealkylation sites (N-methyl/N-ethyl adjacent to an activating group) is 1. The molecule has 0 heterocycles. The Morgan fingerprint density at radius 3 is 2.38 bits per heavy atom. The summed E-state index contributed by atoms with van der Waals surface area (Å²) in [5, 5.41) is 9.73. The lowest BCUT2D eigenvalue weighted by Crippen LogP contribution is -2.36. The Morgan fingerprint density at radius 2 is 1.82 bits per heavy atom. The van der Waals surface area contributed by atoms with E-state index in [0.717, 1.165) is 11.1 Å². The van der Waals surface area contributed by atoms with Crippen molar-refractivity contribution in [1.29, 1.82) is 0 Å². The van der Waals surface area contributed by atoms with Crippen LogP contribution in [0.2, 0.25) is 0 Å². The minimum atomic E-state index is -2.59. The highest BCUT2D eigenvalue weighted by Crippen LogP contribution is 2.37. The SMILES string of the molecule is C=C/C=C(\C=C/CCl)C(C(C)c1ccc(O)cc1)N(C)C(=C)c1ccc(C(F)F)cc1OCC. The lowest BCUT2D eigenvalue weighted by Gasteiger charge is -2.37. The molecule has 2 atom stereocenters. The number of allylic oxidation sites excluding steroid dienone is 3. The molecule has 2 rings (SSSR count). The van der Waals surface area contributed by atoms with E-state index in [1.807, 2.05) is 49.2 Å². The van der Waals surface area contributed by atoms with E-state index in [1.165, 1.54) is 12.1 Å². The Bertz CT molecular complexity index is 1030. The third-order valence-electron chi connectivity index (χ3n) is 5.66. The molecular formula is C28H32ClF2NO2. The molecule has 34 heavy (non-hydrogen) atoms. The molecule has 0 amide bonds. The van der Waals surface area contributed by atoms with E-state index in [-0.39, 0.29) is 23.3 Å². The van der Waals surface area contributed by atoms with Crippen LogP contribution in [-0.4, -0.2) is 35.6 Å². The van der Waals surface area contributed by atoms with Gasteiger partial charge in [0, 0.05) is 35.7 Å². The number of halogens is 3. The van der Waals surface area contributed by atoms with E-state index in [0.29, 0.717) is 29.5 Å². The van der Waals surface area contributed by atoms with Gasteiger partial charge in [0.2, 0.25) is 0 Å². The zero-order valence-electron chi connectivity index (χ0n) is 19.8. The van der Waals surface area contributed by atoms with Crippen molar-refractivity contribution in [2.75, 3.05) is 19.5 Å². The van der Waals surface area contributed by atoms with E-state index in [2.05, 4.69) is 20.1 Å². The van der Waals surface area contributed by atoms with Gasteiger partial charge in [0.05, 0.1) is 12.6 Å². The fourth-order valence-corrected chi connectivity index (χ4v) is 4.01. The lowest BCUT2D eigenvalue weighted by molar-refractivity contribution is 0.151. The number of nitrogens with zero attached hydrogens (tertiary/aromatic N) is 1. The second-order valence-electron chi connectivity index (χ2n) is 7.83. The largest absolute Gasteiger partial charge is 0.508 e. The Labute approximate surface area is 206 Å². The molecule has 0 aliphatic carbocycles. The summed E-state index contributed by atoms with van der Waals surface area (Å²) in [7, 11) is 1.91. The van der Waals surface area contributed by atoms with Crippen molar-refractivity contribution in [3.63, 3.8) is 0 Å². The molecule has 0 aromatic heterocycles. The standard InChI is InChI=1S/C28H32ClF2NO2/c1-6-9-22(10-8-17-29)27(19(3)21-11-14-24(33)15-12-21)32(5)20(4)25-16-13-23(28(30)31)18-26(25)34-7-2/h6,8-16,18-19,27-28,33H,1,4,7,17H2,2-3,5H3/b10-8-,22-9+. The van der Waals surface area contributed by atoms with Crippen molar-refractivity contribution < 1.29 is 18.6 Å². The summed E-state index contributed by atoms with van der Waals surface area (Å²) in [6, 6.07) is 11.2. The van der Waals surface area contributed by atoms with Gasteiger partial charge in [-0.1, -0.05) is 62.6 Å². The average Bonchev–Trinajstić information content (AvgIpc) is 2.82. The van der Waals surface area contributed by atoms with Crippen molar-refractivity contribution in [1.82, 2.24) is 4.90 Å². The summed E-state index contributed by atoms with van der Waals surface area (Å²) in [6.45, 7) is 12.4. The van der Waals surface area contributed by atoms with Crippen LogP contribution in [0, 0.1) is 0 Å². The third kappa shape index (κ3) is 6.73. The second kappa shape index (κ2) is 13.0. The van der Waals surface area contributed by atoms with Gasteiger partial charge in [-0.25, -0.2) is 8.78 Å². The molecule has 0 fully saturated rings. The number of alkyl halides is 3. The van der Waals surface area contributed by atoms with Gasteiger partial charge in [-0.2, -0.15) is 0 Å². The van der Waals surface area contributed by atoms with Crippen LogP contribution in [0.15, 0.2) is 85.5 Å². The molecule has 0 spiro atoms. The van der Waals surface area contributed by atoms with Gasteiger partial charge in [-0.15, -0.1) is 11.6 Å². The zero-order valence-corrected chi connectivity index (χ0v) is 20.6. The fraction of sp³-hybridized carbons (Fsp3) is 0.286. The molecule has 2 aromatic rings. The Morgan fingerprint density at radius 1 is 1.18 bits per heavy atom. The van der Waals surface area contributed by atoms with Crippen LogP contribution in [0.25, 0.3) is 5.70 Å². The quantitative estimate of drug-likeness (QED) is 0.246. The van der Waals surface area contributed by atoms with Crippen LogP contribution in [0.4, 0.5) is 8.78 Å². The van der Waals surface area contributed by atoms with Gasteiger partial charge in [-0.05, 0) is 42.3 Å². The van der Waals surface area contributed by atoms with Gasteiger partial charge >= 0.3 is 0 Å². The minimum Gasteiger partial charge on any atom is -0.508 e. The number of rotatable bonds is 12. The molecule has 182 valence electrons. The maximum absolute atomic E-state index is 13.3. The number of ether oxygens (including phenoxy) is 1. The van der Waals surface area contributed by atoms with Crippen LogP contribution >= 0.6 is 11.6 Å². The molecule has 0 aliphatic heterocycles. The van der Waals surface area contributed by atoms with Crippen molar-refractivity contribution in [3.05, 3.63) is 102 Å². The van der Waals surface area contributed by atoms with E-state index in [4.69, 9.17) is 16.3 Å². The highest BCUT2D eigenvalue weighted by molar-refractivity contribution is 6.18. The van der Waals surface area contributed by atoms with Crippen LogP contribution in [0.5, 0.6) is 11.5 Å². The summed E-state index contributed by atoms with van der Waals surface area (Å²) in [5.74, 6) is 0.862. The highest BCUT2D eigenvalue weighted by atomic mass is 35.5. The highest BCUT2D eigenvalue weighted by Gasteiger charge is 2.28. The third-order valence-corrected chi connectivity index (χ3v) is 5.83. The predicted molar refractivity (Wildman–Crippen MR) is 138 cm³/mol. The zero-order chi connectivity index (χ0) is 25.3. The number of benzene rings is 2. The number of hydrogen-bond donors (Lipinski definition) is 1. The number of aromatic hydroxyl groups is 1. The summed E-state index contributed by atoms with van der Waals surface area (Å²) >= 11 is 5.92. The summed E-state index contributed by atoms with van der Waals surface area (Å²) in [4.78, 5) is 2.01. The Hall–Kier alpha value is -3.05. The number of phenols is 1. The van der Waals surface area contributed by atoms with Gasteiger partial charge in [0.15, 0.2) is 0 Å². The smallest absolute Gasteiger partial charge is 0.263 e. The topological polar surface area (TPSA) is 32.7 Å². The number of phenolic OH excluding ortho intramolecular Hbond substituents is 1. The maximum Gasteiger partial charge on any atom is 0.263 e. The first-order chi connectivity index (χ1) is 16.2. The molecule has 1 N–H and O–H groups in total. The van der Waals surface area contributed by atoms with Gasteiger partial charge < -0.3 is 14.7 Å². The van der Waals surface area contributed by atoms with E-state index >= 15 is 0 Å². The van der Waals surface area contributed by atoms with Gasteiger partial charge in [0.1, 0.15) is 11.5 Å². The molecule has 3 nitrogen and oxygen atoms in total. The van der Waals surface area contributed by atoms with Crippen molar-refractivity contribution in [2.45, 2.75) is 32.2 Å². The normalized spacial score (nSPS) is 13.7. The van der Waals surface area contributed by atoms with Crippen LogP contribution in [0.3, 0.4) is 0 Å². The molecule has 2 aromatic carbocycles. The van der Waals surface area contributed by atoms with Gasteiger partial charge in [-0.3, -0.25) is 0 Å². The Balaban J connectivity index is 2.58. The first kappa shape index (κ1) is 27.2.